The van der Waals surface area contributed by atoms with E-state index in [9.17, 15) is 0 Å². The van der Waals surface area contributed by atoms with Crippen LogP contribution < -0.4 is 4.74 Å². The second kappa shape index (κ2) is 6.06. The molecule has 0 aromatic heterocycles. The van der Waals surface area contributed by atoms with Crippen LogP contribution in [0.5, 0.6) is 5.75 Å². The van der Waals surface area contributed by atoms with Gasteiger partial charge in [-0.15, -0.1) is 0 Å². The van der Waals surface area contributed by atoms with Crippen molar-refractivity contribution in [3.63, 3.8) is 0 Å². The van der Waals surface area contributed by atoms with Gasteiger partial charge in [0.1, 0.15) is 5.75 Å². The number of ether oxygens (including phenoxy) is 2. The molecule has 0 aliphatic heterocycles. The highest BCUT2D eigenvalue weighted by molar-refractivity contribution is 5.72. The first-order valence-electron chi connectivity index (χ1n) is 5.01. The van der Waals surface area contributed by atoms with Crippen molar-refractivity contribution in [2.24, 2.45) is 0 Å². The van der Waals surface area contributed by atoms with E-state index in [-0.39, 0.29) is 0 Å². The van der Waals surface area contributed by atoms with Crippen molar-refractivity contribution in [1.82, 2.24) is 0 Å². The number of rotatable bonds is 5. The van der Waals surface area contributed by atoms with Gasteiger partial charge in [-0.25, -0.2) is 0 Å². The third-order valence-corrected chi connectivity index (χ3v) is 2.29. The number of hydrogen-bond donors (Lipinski definition) is 1. The Morgan fingerprint density at radius 2 is 2.00 bits per heavy atom. The first kappa shape index (κ1) is 11.6. The van der Waals surface area contributed by atoms with Gasteiger partial charge in [-0.3, -0.25) is 5.41 Å². The van der Waals surface area contributed by atoms with Gasteiger partial charge in [0.15, 0.2) is 5.90 Å². The summed E-state index contributed by atoms with van der Waals surface area (Å²) in [5.41, 5.74) is 1.18. The predicted octanol–water partition coefficient (Wildman–Crippen LogP) is 2.64. The van der Waals surface area contributed by atoms with Crippen molar-refractivity contribution in [2.75, 3.05) is 14.2 Å². The van der Waals surface area contributed by atoms with Crippen molar-refractivity contribution in [3.8, 4) is 5.75 Å². The molecule has 0 saturated heterocycles. The maximum absolute atomic E-state index is 7.35. The van der Waals surface area contributed by atoms with Crippen LogP contribution in [0.15, 0.2) is 24.3 Å². The highest BCUT2D eigenvalue weighted by atomic mass is 16.5. The lowest BCUT2D eigenvalue weighted by Crippen LogP contribution is -2.00. The SMILES string of the molecule is COC(=N)CCCc1ccccc1OC. The maximum atomic E-state index is 7.35. The monoisotopic (exact) mass is 207 g/mol. The van der Waals surface area contributed by atoms with E-state index in [2.05, 4.69) is 6.07 Å². The molecular formula is C12H17NO2. The molecule has 0 amide bonds. The molecule has 1 rings (SSSR count). The van der Waals surface area contributed by atoms with Crippen LogP contribution >= 0.6 is 0 Å². The minimum Gasteiger partial charge on any atom is -0.496 e. The van der Waals surface area contributed by atoms with Gasteiger partial charge in [0.25, 0.3) is 0 Å². The van der Waals surface area contributed by atoms with Crippen molar-refractivity contribution in [3.05, 3.63) is 29.8 Å². The average molecular weight is 207 g/mol. The highest BCUT2D eigenvalue weighted by Gasteiger charge is 2.02. The Kier molecular flexibility index (Phi) is 4.68. The van der Waals surface area contributed by atoms with Crippen LogP contribution in [0.1, 0.15) is 18.4 Å². The summed E-state index contributed by atoms with van der Waals surface area (Å²) in [6.07, 6.45) is 2.50. The van der Waals surface area contributed by atoms with Crippen LogP contribution in [0.4, 0.5) is 0 Å². The number of aryl methyl sites for hydroxylation is 1. The number of para-hydroxylation sites is 1. The van der Waals surface area contributed by atoms with Gasteiger partial charge >= 0.3 is 0 Å². The van der Waals surface area contributed by atoms with E-state index < -0.39 is 0 Å². The van der Waals surface area contributed by atoms with E-state index in [1.54, 1.807) is 7.11 Å². The fourth-order valence-corrected chi connectivity index (χ4v) is 1.45. The fourth-order valence-electron chi connectivity index (χ4n) is 1.45. The summed E-state index contributed by atoms with van der Waals surface area (Å²) in [5.74, 6) is 1.26. The Bertz CT molecular complexity index is 323. The molecule has 0 atom stereocenters. The van der Waals surface area contributed by atoms with Crippen molar-refractivity contribution >= 4 is 5.90 Å². The van der Waals surface area contributed by atoms with E-state index in [1.807, 2.05) is 18.2 Å². The van der Waals surface area contributed by atoms with E-state index in [0.29, 0.717) is 12.3 Å². The molecule has 0 spiro atoms. The fraction of sp³-hybridized carbons (Fsp3) is 0.417. The molecule has 1 N–H and O–H groups in total. The molecule has 0 fully saturated rings. The van der Waals surface area contributed by atoms with Crippen LogP contribution in [-0.4, -0.2) is 20.1 Å². The highest BCUT2D eigenvalue weighted by Crippen LogP contribution is 2.19. The summed E-state index contributed by atoms with van der Waals surface area (Å²) >= 11 is 0. The molecular weight excluding hydrogens is 190 g/mol. The number of nitrogens with one attached hydrogen (secondary N) is 1. The van der Waals surface area contributed by atoms with Crippen molar-refractivity contribution < 1.29 is 9.47 Å². The summed E-state index contributed by atoms with van der Waals surface area (Å²) in [4.78, 5) is 0. The lowest BCUT2D eigenvalue weighted by molar-refractivity contribution is 0.383. The normalized spacial score (nSPS) is 9.73. The first-order chi connectivity index (χ1) is 7.27. The predicted molar refractivity (Wildman–Crippen MR) is 60.7 cm³/mol. The van der Waals surface area contributed by atoms with Crippen LogP contribution in [0, 0.1) is 5.41 Å². The quantitative estimate of drug-likeness (QED) is 0.595. The van der Waals surface area contributed by atoms with E-state index in [0.717, 1.165) is 18.6 Å². The molecule has 82 valence electrons. The van der Waals surface area contributed by atoms with Crippen molar-refractivity contribution in [2.45, 2.75) is 19.3 Å². The third kappa shape index (κ3) is 3.62. The van der Waals surface area contributed by atoms with Gasteiger partial charge in [-0.2, -0.15) is 0 Å². The Morgan fingerprint density at radius 3 is 2.67 bits per heavy atom. The zero-order valence-electron chi connectivity index (χ0n) is 9.25. The van der Waals surface area contributed by atoms with Gasteiger partial charge in [-0.05, 0) is 24.5 Å². The average Bonchev–Trinajstić information content (AvgIpc) is 2.29. The Morgan fingerprint density at radius 1 is 1.27 bits per heavy atom. The summed E-state index contributed by atoms with van der Waals surface area (Å²) in [7, 11) is 3.21. The molecule has 0 aliphatic rings. The van der Waals surface area contributed by atoms with E-state index >= 15 is 0 Å². The molecule has 3 nitrogen and oxygen atoms in total. The number of benzene rings is 1. The van der Waals surface area contributed by atoms with E-state index in [1.165, 1.54) is 12.7 Å². The number of hydrogen-bond acceptors (Lipinski definition) is 3. The summed E-state index contributed by atoms with van der Waals surface area (Å²) in [6, 6.07) is 7.96. The topological polar surface area (TPSA) is 42.3 Å². The Hall–Kier alpha value is -1.51. The maximum Gasteiger partial charge on any atom is 0.180 e. The molecule has 0 unspecified atom stereocenters. The van der Waals surface area contributed by atoms with Crippen LogP contribution in [-0.2, 0) is 11.2 Å². The first-order valence-corrected chi connectivity index (χ1v) is 5.01. The van der Waals surface area contributed by atoms with Gasteiger partial charge in [0.05, 0.1) is 14.2 Å². The van der Waals surface area contributed by atoms with Crippen LogP contribution in [0.3, 0.4) is 0 Å². The van der Waals surface area contributed by atoms with Crippen LogP contribution in [0.2, 0.25) is 0 Å². The molecule has 1 aromatic rings. The summed E-state index contributed by atoms with van der Waals surface area (Å²) in [5, 5.41) is 7.35. The van der Waals surface area contributed by atoms with Crippen molar-refractivity contribution in [1.29, 1.82) is 5.41 Å². The smallest absolute Gasteiger partial charge is 0.180 e. The van der Waals surface area contributed by atoms with Crippen LogP contribution in [0.25, 0.3) is 0 Å². The second-order valence-corrected chi connectivity index (χ2v) is 3.29. The lowest BCUT2D eigenvalue weighted by atomic mass is 10.1. The van der Waals surface area contributed by atoms with Gasteiger partial charge in [0, 0.05) is 6.42 Å². The molecule has 0 heterocycles. The lowest BCUT2D eigenvalue weighted by Gasteiger charge is -2.07. The minimum absolute atomic E-state index is 0.338. The van der Waals surface area contributed by atoms with Gasteiger partial charge < -0.3 is 9.47 Å². The zero-order chi connectivity index (χ0) is 11.1. The number of methoxy groups -OCH3 is 2. The molecule has 0 bridgehead atoms. The minimum atomic E-state index is 0.338. The standard InChI is InChI=1S/C12H17NO2/c1-14-11-8-4-3-6-10(11)7-5-9-12(13)15-2/h3-4,6,8,13H,5,7,9H2,1-2H3. The molecule has 0 saturated carbocycles. The molecule has 0 aliphatic carbocycles. The van der Waals surface area contributed by atoms with E-state index in [4.69, 9.17) is 14.9 Å². The Labute approximate surface area is 90.5 Å². The van der Waals surface area contributed by atoms with Gasteiger partial charge in [-0.1, -0.05) is 18.2 Å². The largest absolute Gasteiger partial charge is 0.496 e. The Balaban J connectivity index is 2.46. The summed E-state index contributed by atoms with van der Waals surface area (Å²) in [6.45, 7) is 0. The second-order valence-electron chi connectivity index (χ2n) is 3.29. The van der Waals surface area contributed by atoms with Gasteiger partial charge in [0.2, 0.25) is 0 Å². The molecule has 0 radical (unpaired) electrons. The third-order valence-electron chi connectivity index (χ3n) is 2.29. The molecule has 1 aromatic carbocycles. The molecule has 3 heteroatoms. The summed E-state index contributed by atoms with van der Waals surface area (Å²) < 4.78 is 10.0. The molecule has 15 heavy (non-hydrogen) atoms. The zero-order valence-corrected chi connectivity index (χ0v) is 9.25.